The molecule has 0 unspecified atom stereocenters. The lowest BCUT2D eigenvalue weighted by atomic mass is 9.95. The molecule has 3 N–H and O–H groups in total. The topological polar surface area (TPSA) is 149 Å². The largest absolute Gasteiger partial charge is 0.508 e. The van der Waals surface area contributed by atoms with Gasteiger partial charge in [0, 0.05) is 71.6 Å². The van der Waals surface area contributed by atoms with Crippen LogP contribution in [0.2, 0.25) is 10.0 Å². The molecule has 6 heterocycles. The number of hydrogen-bond donors (Lipinski definition) is 3. The minimum absolute atomic E-state index is 0.0419. The maximum atomic E-state index is 13.8. The van der Waals surface area contributed by atoms with E-state index in [1.807, 2.05) is 120 Å². The molecule has 0 atom stereocenters. The number of aromatic hydroxyl groups is 3. The number of fused-ring (bicyclic) bond motifs is 3. The van der Waals surface area contributed by atoms with Gasteiger partial charge in [0.15, 0.2) is 17.2 Å². The zero-order chi connectivity index (χ0) is 77.0. The van der Waals surface area contributed by atoms with Crippen LogP contribution in [-0.2, 0) is 19.3 Å². The quantitative estimate of drug-likeness (QED) is 0.0588. The lowest BCUT2D eigenvalue weighted by molar-refractivity contribution is 0.103. The van der Waals surface area contributed by atoms with Crippen LogP contribution in [0.1, 0.15) is 173 Å². The highest BCUT2D eigenvalue weighted by Crippen LogP contribution is 2.47. The van der Waals surface area contributed by atoms with E-state index >= 15 is 0 Å². The highest BCUT2D eigenvalue weighted by Gasteiger charge is 2.29. The van der Waals surface area contributed by atoms with Gasteiger partial charge in [0.2, 0.25) is 17.3 Å². The van der Waals surface area contributed by atoms with Crippen molar-refractivity contribution in [3.05, 3.63) is 261 Å². The zero-order valence-electron chi connectivity index (χ0n) is 63.7. The first-order valence-electron chi connectivity index (χ1n) is 38.7. The van der Waals surface area contributed by atoms with Crippen LogP contribution in [0.4, 0.5) is 0 Å². The van der Waals surface area contributed by atoms with E-state index in [-0.39, 0.29) is 34.6 Å². The van der Waals surface area contributed by atoms with Gasteiger partial charge in [0.1, 0.15) is 49.1 Å². The Morgan fingerprint density at radius 2 is 0.664 bits per heavy atom. The molecule has 570 valence electrons. The third-order valence-corrected chi connectivity index (χ3v) is 25.1. The van der Waals surface area contributed by atoms with E-state index in [4.69, 9.17) is 37.4 Å². The van der Waals surface area contributed by atoms with Crippen molar-refractivity contribution < 1.29 is 43.9 Å². The van der Waals surface area contributed by atoms with E-state index in [9.17, 15) is 29.7 Å². The summed E-state index contributed by atoms with van der Waals surface area (Å²) in [6.07, 6.45) is 19.0. The van der Waals surface area contributed by atoms with Gasteiger partial charge in [-0.3, -0.25) is 14.4 Å². The molecule has 0 aliphatic carbocycles. The predicted molar refractivity (Wildman–Crippen MR) is 454 cm³/mol. The second kappa shape index (κ2) is 37.0. The van der Waals surface area contributed by atoms with Gasteiger partial charge in [-0.1, -0.05) is 122 Å². The molecule has 12 aromatic rings. The molecule has 0 amide bonds. The summed E-state index contributed by atoms with van der Waals surface area (Å²) in [6.45, 7) is 22.2. The van der Waals surface area contributed by atoms with Gasteiger partial charge >= 0.3 is 0 Å². The molecule has 12 nitrogen and oxygen atoms in total. The van der Waals surface area contributed by atoms with Crippen molar-refractivity contribution >= 4 is 105 Å². The molecular weight excluding hydrogens is 1470 g/mol. The number of aryl methyl sites for hydroxylation is 6. The van der Waals surface area contributed by atoms with Crippen LogP contribution in [0.3, 0.4) is 0 Å². The normalized spacial score (nSPS) is 14.6. The minimum atomic E-state index is -0.190. The van der Waals surface area contributed by atoms with Crippen molar-refractivity contribution in [3.8, 4) is 51.7 Å². The number of benzene rings is 9. The maximum absolute atomic E-state index is 13.8. The van der Waals surface area contributed by atoms with Crippen LogP contribution in [-0.4, -0.2) is 106 Å². The van der Waals surface area contributed by atoms with Gasteiger partial charge in [-0.2, -0.15) is 0 Å². The molecule has 3 aromatic heterocycles. The van der Waals surface area contributed by atoms with Crippen LogP contribution in [0.5, 0.6) is 51.7 Å². The van der Waals surface area contributed by atoms with Crippen LogP contribution >= 0.6 is 57.2 Å². The van der Waals surface area contributed by atoms with Gasteiger partial charge in [0.05, 0.1) is 5.02 Å². The summed E-state index contributed by atoms with van der Waals surface area (Å²) >= 11 is 16.6. The van der Waals surface area contributed by atoms with E-state index in [2.05, 4.69) is 51.1 Å². The number of nitrogens with zero attached hydrogens (tertiary/aromatic N) is 3. The number of rotatable bonds is 21. The van der Waals surface area contributed by atoms with E-state index < -0.39 is 0 Å². The first-order valence-corrected chi connectivity index (χ1v) is 41.9. The third kappa shape index (κ3) is 19.9. The molecule has 3 fully saturated rings. The Morgan fingerprint density at radius 1 is 0.355 bits per heavy atom. The zero-order valence-corrected chi connectivity index (χ0v) is 67.7. The molecular formula is C93H97Cl2N3O9S3. The number of hydrogen-bond acceptors (Lipinski definition) is 15. The fourth-order valence-corrected chi connectivity index (χ4v) is 19.3. The molecule has 0 bridgehead atoms. The number of carbonyl (C=O) groups is 3. The van der Waals surface area contributed by atoms with Crippen LogP contribution in [0.25, 0.3) is 30.3 Å². The van der Waals surface area contributed by atoms with E-state index in [0.717, 1.165) is 108 Å². The van der Waals surface area contributed by atoms with Gasteiger partial charge < -0.3 is 44.2 Å². The number of phenolic OH excluding ortho intramolecular Hbond substituents is 3. The standard InChI is InChI=1S/C32H35NO3S.C31H32ClNO3S.C30H30ClNO3S/c1-21-18-22(2)29(23(3)19-21)30(35)32-31(27-13-10-25(34)20-28(27)37-32)36-26-11-8-24(9-12-26)14-17-33-15-6-4-5-7-16-33;1-20-17-23(32)18-21(2)28(20)29(35)31-30(26-12-9-24(34)19-27(26)37-31)36-25-10-7-22(8-11-25)13-16-33-14-5-3-4-6-15-33;1-20-6-12-24(26(31)18-20)28(34)30-29(25-13-9-22(33)19-27(25)36-30)35-23-10-7-21(8-11-23)14-17-32-15-4-2-3-5-16-32/h8-13,18-20,34H,4-7,14-17H2,1-3H3;7-12,17-19,34H,3-6,13-16H2,1-2H3;6-13,18-19,33H,2-5,14-17H2,1H3. The summed E-state index contributed by atoms with van der Waals surface area (Å²) < 4.78 is 21.5. The van der Waals surface area contributed by atoms with Crippen molar-refractivity contribution in [3.63, 3.8) is 0 Å². The van der Waals surface area contributed by atoms with Crippen molar-refractivity contribution in [2.75, 3.05) is 58.9 Å². The summed E-state index contributed by atoms with van der Waals surface area (Å²) in [6, 6.07) is 53.1. The van der Waals surface area contributed by atoms with Crippen LogP contribution in [0, 0.1) is 41.5 Å². The summed E-state index contributed by atoms with van der Waals surface area (Å²) in [5.41, 5.74) is 11.3. The number of halogens is 2. The first kappa shape index (κ1) is 79.2. The van der Waals surface area contributed by atoms with Gasteiger partial charge in [-0.15, -0.1) is 34.0 Å². The number of likely N-dealkylation sites (tertiary alicyclic amines) is 3. The fraction of sp³-hybridized carbons (Fsp3) is 0.323. The Labute approximate surface area is 668 Å². The monoisotopic (exact) mass is 1570 g/mol. The summed E-state index contributed by atoms with van der Waals surface area (Å²) in [5, 5.41) is 33.6. The third-order valence-electron chi connectivity index (χ3n) is 21.2. The number of phenols is 3. The Kier molecular flexibility index (Phi) is 26.6. The minimum Gasteiger partial charge on any atom is -0.508 e. The van der Waals surface area contributed by atoms with Crippen LogP contribution in [0.15, 0.2) is 170 Å². The Balaban J connectivity index is 0.000000145. The van der Waals surface area contributed by atoms with Gasteiger partial charge in [0.25, 0.3) is 0 Å². The lowest BCUT2D eigenvalue weighted by Crippen LogP contribution is -2.26. The average molecular weight is 1570 g/mol. The number of ether oxygens (including phenoxy) is 3. The highest BCUT2D eigenvalue weighted by molar-refractivity contribution is 7.22. The van der Waals surface area contributed by atoms with Gasteiger partial charge in [-0.05, 0) is 298 Å². The smallest absolute Gasteiger partial charge is 0.208 e. The van der Waals surface area contributed by atoms with Crippen molar-refractivity contribution in [1.82, 2.24) is 14.7 Å². The van der Waals surface area contributed by atoms with Crippen molar-refractivity contribution in [2.24, 2.45) is 0 Å². The molecule has 110 heavy (non-hydrogen) atoms. The first-order chi connectivity index (χ1) is 53.2. The Hall–Kier alpha value is -8.87. The van der Waals surface area contributed by atoms with Crippen molar-refractivity contribution in [1.29, 1.82) is 0 Å². The average Bonchev–Trinajstić information content (AvgIpc) is 1.64. The second-order valence-electron chi connectivity index (χ2n) is 29.7. The predicted octanol–water partition coefficient (Wildman–Crippen LogP) is 24.3. The summed E-state index contributed by atoms with van der Waals surface area (Å²) in [4.78, 5) is 50.4. The van der Waals surface area contributed by atoms with Crippen LogP contribution < -0.4 is 14.2 Å². The molecule has 3 saturated heterocycles. The van der Waals surface area contributed by atoms with Crippen molar-refractivity contribution in [2.45, 2.75) is 138 Å². The highest BCUT2D eigenvalue weighted by atomic mass is 35.5. The maximum Gasteiger partial charge on any atom is 0.208 e. The molecule has 17 heteroatoms. The summed E-state index contributed by atoms with van der Waals surface area (Å²) in [5.74, 6) is 3.79. The number of thiophene rings is 3. The molecule has 0 spiro atoms. The fourth-order valence-electron chi connectivity index (χ4n) is 15.4. The lowest BCUT2D eigenvalue weighted by Gasteiger charge is -2.19. The molecule has 0 saturated carbocycles. The van der Waals surface area contributed by atoms with E-state index in [0.29, 0.717) is 70.3 Å². The molecule has 0 radical (unpaired) electrons. The molecule has 15 rings (SSSR count). The van der Waals surface area contributed by atoms with Gasteiger partial charge in [-0.25, -0.2) is 0 Å². The van der Waals surface area contributed by atoms with E-state index in [1.54, 1.807) is 54.6 Å². The number of ketones is 3. The molecule has 3 aliphatic rings. The Morgan fingerprint density at radius 3 is 0.982 bits per heavy atom. The second-order valence-corrected chi connectivity index (χ2v) is 33.7. The number of carbonyl (C=O) groups excluding carboxylic acids is 3. The Bertz CT molecular complexity index is 4970. The SMILES string of the molecule is Cc1cc(C)c(C(=O)c2sc3cc(O)ccc3c2Oc2ccc(CCN3CCCCCC3)cc2)c(C)c1.Cc1cc(Cl)cc(C)c1C(=O)c1sc2cc(O)ccc2c1Oc1ccc(CCN2CCCCCC2)cc1.Cc1ccc(C(=O)c2sc3cc(O)ccc3c2Oc2ccc(CCN3CCCCCC3)cc2)c(Cl)c1. The summed E-state index contributed by atoms with van der Waals surface area (Å²) in [7, 11) is 0. The van der Waals surface area contributed by atoms with E-state index in [1.165, 1.54) is 167 Å². The molecule has 9 aromatic carbocycles. The molecule has 3 aliphatic heterocycles.